The Hall–Kier alpha value is -1.49. The van der Waals surface area contributed by atoms with E-state index in [-0.39, 0.29) is 11.9 Å². The van der Waals surface area contributed by atoms with Crippen LogP contribution in [0.2, 0.25) is 0 Å². The second-order valence-electron chi connectivity index (χ2n) is 3.39. The standard InChI is InChI=1S/C10H17N3O2/c1-8(9-4-3-7-15-9)12-6-2-5-10(11)13-14/h3-4,7-8,12,14H,2,5-6H2,1H3,(H2,11,13)/t8-/m1/s1. The van der Waals surface area contributed by atoms with Crippen molar-refractivity contribution in [1.29, 1.82) is 0 Å². The summed E-state index contributed by atoms with van der Waals surface area (Å²) in [7, 11) is 0. The molecule has 1 heterocycles. The van der Waals surface area contributed by atoms with Crippen LogP contribution in [-0.4, -0.2) is 17.6 Å². The van der Waals surface area contributed by atoms with Gasteiger partial charge in [-0.05, 0) is 32.0 Å². The van der Waals surface area contributed by atoms with Gasteiger partial charge in [-0.3, -0.25) is 0 Å². The summed E-state index contributed by atoms with van der Waals surface area (Å²) in [5.74, 6) is 1.18. The van der Waals surface area contributed by atoms with Gasteiger partial charge in [-0.2, -0.15) is 0 Å². The minimum absolute atomic E-state index is 0.187. The fourth-order valence-corrected chi connectivity index (χ4v) is 1.28. The summed E-state index contributed by atoms with van der Waals surface area (Å²) in [4.78, 5) is 0. The highest BCUT2D eigenvalue weighted by Crippen LogP contribution is 2.11. The van der Waals surface area contributed by atoms with E-state index in [4.69, 9.17) is 15.4 Å². The minimum atomic E-state index is 0.187. The first-order valence-electron chi connectivity index (χ1n) is 4.97. The SMILES string of the molecule is C[C@@H](NCCC/C(N)=N/O)c1ccco1. The number of amidine groups is 1. The Morgan fingerprint density at radius 1 is 1.73 bits per heavy atom. The van der Waals surface area contributed by atoms with E-state index in [1.54, 1.807) is 6.26 Å². The number of nitrogens with one attached hydrogen (secondary N) is 1. The molecule has 0 aromatic carbocycles. The maximum atomic E-state index is 8.32. The van der Waals surface area contributed by atoms with Gasteiger partial charge in [0.25, 0.3) is 0 Å². The number of rotatable bonds is 6. The molecule has 0 aliphatic heterocycles. The van der Waals surface area contributed by atoms with E-state index < -0.39 is 0 Å². The molecule has 0 aliphatic carbocycles. The Balaban J connectivity index is 2.15. The summed E-state index contributed by atoms with van der Waals surface area (Å²) in [5.41, 5.74) is 5.34. The van der Waals surface area contributed by atoms with Crippen LogP contribution in [0.5, 0.6) is 0 Å². The minimum Gasteiger partial charge on any atom is -0.468 e. The third kappa shape index (κ3) is 4.03. The summed E-state index contributed by atoms with van der Waals surface area (Å²) in [6, 6.07) is 3.98. The van der Waals surface area contributed by atoms with Crippen molar-refractivity contribution < 1.29 is 9.62 Å². The predicted octanol–water partition coefficient (Wildman–Crippen LogP) is 1.46. The molecule has 1 atom stereocenters. The zero-order valence-corrected chi connectivity index (χ0v) is 8.81. The average molecular weight is 211 g/mol. The van der Waals surface area contributed by atoms with E-state index in [9.17, 15) is 0 Å². The van der Waals surface area contributed by atoms with Crippen LogP contribution in [-0.2, 0) is 0 Å². The van der Waals surface area contributed by atoms with Crippen molar-refractivity contribution >= 4 is 5.84 Å². The zero-order chi connectivity index (χ0) is 11.1. The second-order valence-corrected chi connectivity index (χ2v) is 3.39. The highest BCUT2D eigenvalue weighted by Gasteiger charge is 2.06. The number of hydrogen-bond donors (Lipinski definition) is 3. The number of hydrogen-bond acceptors (Lipinski definition) is 4. The largest absolute Gasteiger partial charge is 0.468 e. The average Bonchev–Trinajstić information content (AvgIpc) is 2.77. The first kappa shape index (κ1) is 11.6. The Morgan fingerprint density at radius 3 is 3.13 bits per heavy atom. The Kier molecular flexibility index (Phi) is 4.70. The lowest BCUT2D eigenvalue weighted by atomic mass is 10.2. The van der Waals surface area contributed by atoms with Crippen molar-refractivity contribution in [3.63, 3.8) is 0 Å². The van der Waals surface area contributed by atoms with Gasteiger partial charge in [0.1, 0.15) is 11.6 Å². The van der Waals surface area contributed by atoms with Gasteiger partial charge in [0.2, 0.25) is 0 Å². The molecule has 4 N–H and O–H groups in total. The van der Waals surface area contributed by atoms with Crippen LogP contribution in [0.4, 0.5) is 0 Å². The molecule has 0 spiro atoms. The number of furan rings is 1. The number of oxime groups is 1. The molecule has 0 amide bonds. The molecular formula is C10H17N3O2. The molecule has 5 heteroatoms. The summed E-state index contributed by atoms with van der Waals surface area (Å²) in [6.45, 7) is 2.83. The molecule has 0 aliphatic rings. The van der Waals surface area contributed by atoms with Crippen molar-refractivity contribution in [2.24, 2.45) is 10.9 Å². The molecule has 15 heavy (non-hydrogen) atoms. The smallest absolute Gasteiger partial charge is 0.139 e. The number of nitrogens with two attached hydrogens (primary N) is 1. The third-order valence-corrected chi connectivity index (χ3v) is 2.16. The van der Waals surface area contributed by atoms with Crippen LogP contribution in [0.3, 0.4) is 0 Å². The van der Waals surface area contributed by atoms with E-state index in [2.05, 4.69) is 10.5 Å². The molecule has 0 unspecified atom stereocenters. The van der Waals surface area contributed by atoms with Crippen molar-refractivity contribution in [3.8, 4) is 0 Å². The Bertz CT molecular complexity index is 296. The third-order valence-electron chi connectivity index (χ3n) is 2.16. The second kappa shape index (κ2) is 6.08. The molecule has 0 radical (unpaired) electrons. The normalized spacial score (nSPS) is 14.1. The maximum Gasteiger partial charge on any atom is 0.139 e. The van der Waals surface area contributed by atoms with Crippen molar-refractivity contribution in [2.45, 2.75) is 25.8 Å². The predicted molar refractivity (Wildman–Crippen MR) is 57.8 cm³/mol. The lowest BCUT2D eigenvalue weighted by molar-refractivity contribution is 0.316. The van der Waals surface area contributed by atoms with Crippen LogP contribution in [0.1, 0.15) is 31.6 Å². The van der Waals surface area contributed by atoms with Gasteiger partial charge in [-0.15, -0.1) is 0 Å². The molecule has 5 nitrogen and oxygen atoms in total. The molecule has 1 aromatic rings. The summed E-state index contributed by atoms with van der Waals surface area (Å²) >= 11 is 0. The van der Waals surface area contributed by atoms with Gasteiger partial charge < -0.3 is 20.7 Å². The molecule has 0 fully saturated rings. The lowest BCUT2D eigenvalue weighted by Gasteiger charge is -2.10. The summed E-state index contributed by atoms with van der Waals surface area (Å²) < 4.78 is 5.24. The molecule has 0 saturated carbocycles. The monoisotopic (exact) mass is 211 g/mol. The van der Waals surface area contributed by atoms with E-state index in [0.717, 1.165) is 18.7 Å². The molecule has 0 saturated heterocycles. The molecule has 1 aromatic heterocycles. The first-order chi connectivity index (χ1) is 7.24. The van der Waals surface area contributed by atoms with Gasteiger partial charge in [0.05, 0.1) is 12.3 Å². The molecule has 84 valence electrons. The van der Waals surface area contributed by atoms with Crippen molar-refractivity contribution in [3.05, 3.63) is 24.2 Å². The first-order valence-corrected chi connectivity index (χ1v) is 4.97. The van der Waals surface area contributed by atoms with E-state index >= 15 is 0 Å². The fourth-order valence-electron chi connectivity index (χ4n) is 1.28. The highest BCUT2D eigenvalue weighted by atomic mass is 16.4. The van der Waals surface area contributed by atoms with Crippen LogP contribution >= 0.6 is 0 Å². The van der Waals surface area contributed by atoms with Crippen LogP contribution < -0.4 is 11.1 Å². The Labute approximate surface area is 88.9 Å². The zero-order valence-electron chi connectivity index (χ0n) is 8.81. The summed E-state index contributed by atoms with van der Waals surface area (Å²) in [5, 5.41) is 14.5. The van der Waals surface area contributed by atoms with E-state index in [1.807, 2.05) is 19.1 Å². The van der Waals surface area contributed by atoms with Gasteiger partial charge in [0, 0.05) is 6.42 Å². The van der Waals surface area contributed by atoms with Crippen LogP contribution in [0, 0.1) is 0 Å². The van der Waals surface area contributed by atoms with Crippen molar-refractivity contribution in [2.75, 3.05) is 6.54 Å². The topological polar surface area (TPSA) is 83.8 Å². The van der Waals surface area contributed by atoms with E-state index in [1.165, 1.54) is 0 Å². The lowest BCUT2D eigenvalue weighted by Crippen LogP contribution is -2.21. The van der Waals surface area contributed by atoms with Gasteiger partial charge >= 0.3 is 0 Å². The quantitative estimate of drug-likeness (QED) is 0.219. The maximum absolute atomic E-state index is 8.32. The van der Waals surface area contributed by atoms with Crippen molar-refractivity contribution in [1.82, 2.24) is 5.32 Å². The van der Waals surface area contributed by atoms with Gasteiger partial charge in [-0.1, -0.05) is 5.16 Å². The highest BCUT2D eigenvalue weighted by molar-refractivity contribution is 5.79. The van der Waals surface area contributed by atoms with E-state index in [0.29, 0.717) is 6.42 Å². The van der Waals surface area contributed by atoms with Crippen LogP contribution in [0.25, 0.3) is 0 Å². The van der Waals surface area contributed by atoms with Gasteiger partial charge in [-0.25, -0.2) is 0 Å². The molecule has 1 rings (SSSR count). The molecular weight excluding hydrogens is 194 g/mol. The Morgan fingerprint density at radius 2 is 2.53 bits per heavy atom. The molecule has 0 bridgehead atoms. The number of nitrogens with zero attached hydrogens (tertiary/aromatic N) is 1. The van der Waals surface area contributed by atoms with Gasteiger partial charge in [0.15, 0.2) is 0 Å². The summed E-state index contributed by atoms with van der Waals surface area (Å²) in [6.07, 6.45) is 3.08. The fraction of sp³-hybridized carbons (Fsp3) is 0.500. The van der Waals surface area contributed by atoms with Crippen LogP contribution in [0.15, 0.2) is 28.0 Å².